The first-order valence-corrected chi connectivity index (χ1v) is 7.15. The third kappa shape index (κ3) is 2.86. The molecule has 1 heterocycles. The van der Waals surface area contributed by atoms with E-state index in [9.17, 15) is 8.42 Å². The van der Waals surface area contributed by atoms with Crippen molar-refractivity contribution >= 4 is 10.0 Å². The maximum absolute atomic E-state index is 12.1. The van der Waals surface area contributed by atoms with Gasteiger partial charge in [-0.15, -0.1) is 0 Å². The summed E-state index contributed by atoms with van der Waals surface area (Å²) in [5.41, 5.74) is 2.07. The van der Waals surface area contributed by atoms with Gasteiger partial charge in [0.15, 0.2) is 0 Å². The van der Waals surface area contributed by atoms with Crippen LogP contribution in [0.15, 0.2) is 23.1 Å². The molecule has 1 aromatic rings. The second kappa shape index (κ2) is 4.76. The number of benzene rings is 1. The van der Waals surface area contributed by atoms with Crippen LogP contribution in [0.3, 0.4) is 0 Å². The van der Waals surface area contributed by atoms with Crippen molar-refractivity contribution < 1.29 is 13.2 Å². The van der Waals surface area contributed by atoms with Gasteiger partial charge >= 0.3 is 0 Å². The van der Waals surface area contributed by atoms with Crippen LogP contribution in [0.2, 0.25) is 0 Å². The van der Waals surface area contributed by atoms with Gasteiger partial charge in [-0.25, -0.2) is 13.1 Å². The Bertz CT molecular complexity index is 504. The van der Waals surface area contributed by atoms with E-state index in [2.05, 4.69) is 4.72 Å². The zero-order chi connectivity index (χ0) is 12.5. The lowest BCUT2D eigenvalue weighted by molar-refractivity contribution is 0.192. The van der Waals surface area contributed by atoms with Crippen LogP contribution in [0.25, 0.3) is 0 Å². The molecule has 0 radical (unpaired) electrons. The molecule has 1 aliphatic rings. The number of nitrogens with one attached hydrogen (secondary N) is 1. The van der Waals surface area contributed by atoms with E-state index in [1.165, 1.54) is 0 Å². The van der Waals surface area contributed by atoms with Crippen LogP contribution in [0, 0.1) is 13.8 Å². The Morgan fingerprint density at radius 3 is 2.65 bits per heavy atom. The molecule has 5 heteroatoms. The number of sulfonamides is 1. The van der Waals surface area contributed by atoms with Crippen molar-refractivity contribution in [3.8, 4) is 0 Å². The van der Waals surface area contributed by atoms with E-state index in [0.717, 1.165) is 17.5 Å². The molecule has 1 aliphatic heterocycles. The zero-order valence-electron chi connectivity index (χ0n) is 10.1. The van der Waals surface area contributed by atoms with E-state index in [-0.39, 0.29) is 6.04 Å². The molecular formula is C12H17NO3S. The molecule has 1 unspecified atom stereocenters. The van der Waals surface area contributed by atoms with Crippen molar-refractivity contribution in [3.63, 3.8) is 0 Å². The molecule has 0 bridgehead atoms. The third-order valence-electron chi connectivity index (χ3n) is 3.04. The van der Waals surface area contributed by atoms with Crippen LogP contribution >= 0.6 is 0 Å². The lowest BCUT2D eigenvalue weighted by Gasteiger charge is -2.12. The van der Waals surface area contributed by atoms with E-state index < -0.39 is 10.0 Å². The topological polar surface area (TPSA) is 55.4 Å². The Morgan fingerprint density at radius 1 is 1.29 bits per heavy atom. The standard InChI is InChI=1S/C12H17NO3S/c1-9-3-4-12(7-10(9)2)17(14,15)13-11-5-6-16-8-11/h3-4,7,11,13H,5-6,8H2,1-2H3. The monoisotopic (exact) mass is 255 g/mol. The Morgan fingerprint density at radius 2 is 2.06 bits per heavy atom. The molecule has 0 aliphatic carbocycles. The highest BCUT2D eigenvalue weighted by molar-refractivity contribution is 7.89. The fourth-order valence-corrected chi connectivity index (χ4v) is 3.14. The molecule has 17 heavy (non-hydrogen) atoms. The number of rotatable bonds is 3. The minimum atomic E-state index is -3.41. The van der Waals surface area contributed by atoms with E-state index in [4.69, 9.17) is 4.74 Å². The summed E-state index contributed by atoms with van der Waals surface area (Å²) in [7, 11) is -3.41. The summed E-state index contributed by atoms with van der Waals surface area (Å²) in [5.74, 6) is 0. The number of aryl methyl sites for hydroxylation is 2. The van der Waals surface area contributed by atoms with Gasteiger partial charge in [-0.1, -0.05) is 6.07 Å². The molecule has 94 valence electrons. The average Bonchev–Trinajstić information content (AvgIpc) is 2.73. The fourth-order valence-electron chi connectivity index (χ4n) is 1.80. The average molecular weight is 255 g/mol. The van der Waals surface area contributed by atoms with E-state index in [0.29, 0.717) is 18.1 Å². The predicted molar refractivity (Wildman–Crippen MR) is 65.5 cm³/mol. The van der Waals surface area contributed by atoms with Crippen LogP contribution in [-0.2, 0) is 14.8 Å². The largest absolute Gasteiger partial charge is 0.380 e. The molecule has 1 atom stereocenters. The summed E-state index contributed by atoms with van der Waals surface area (Å²) in [5, 5.41) is 0. The van der Waals surface area contributed by atoms with Crippen molar-refractivity contribution in [1.29, 1.82) is 0 Å². The molecule has 0 aromatic heterocycles. The van der Waals surface area contributed by atoms with Gasteiger partial charge in [-0.2, -0.15) is 0 Å². The van der Waals surface area contributed by atoms with Crippen LogP contribution in [0.1, 0.15) is 17.5 Å². The normalized spacial score (nSPS) is 20.7. The van der Waals surface area contributed by atoms with Gasteiger partial charge in [-0.3, -0.25) is 0 Å². The minimum Gasteiger partial charge on any atom is -0.380 e. The smallest absolute Gasteiger partial charge is 0.240 e. The third-order valence-corrected chi connectivity index (χ3v) is 4.56. The Hall–Kier alpha value is -0.910. The van der Waals surface area contributed by atoms with E-state index in [1.807, 2.05) is 19.9 Å². The van der Waals surface area contributed by atoms with Gasteiger partial charge in [-0.05, 0) is 43.5 Å². The lowest BCUT2D eigenvalue weighted by atomic mass is 10.1. The van der Waals surface area contributed by atoms with Crippen LogP contribution in [-0.4, -0.2) is 27.7 Å². The molecule has 2 rings (SSSR count). The first kappa shape index (κ1) is 12.5. The maximum Gasteiger partial charge on any atom is 0.240 e. The summed E-state index contributed by atoms with van der Waals surface area (Å²) in [6.07, 6.45) is 0.740. The van der Waals surface area contributed by atoms with Gasteiger partial charge in [0.1, 0.15) is 0 Å². The highest BCUT2D eigenvalue weighted by Crippen LogP contribution is 2.16. The molecule has 1 aromatic carbocycles. The molecule has 1 fully saturated rings. The summed E-state index contributed by atoms with van der Waals surface area (Å²) in [6, 6.07) is 5.07. The molecule has 4 nitrogen and oxygen atoms in total. The molecule has 0 saturated carbocycles. The highest BCUT2D eigenvalue weighted by atomic mass is 32.2. The number of hydrogen-bond donors (Lipinski definition) is 1. The maximum atomic E-state index is 12.1. The van der Waals surface area contributed by atoms with Crippen LogP contribution in [0.4, 0.5) is 0 Å². The zero-order valence-corrected chi connectivity index (χ0v) is 10.9. The summed E-state index contributed by atoms with van der Waals surface area (Å²) >= 11 is 0. The Labute approximate surface area is 102 Å². The van der Waals surface area contributed by atoms with Crippen molar-refractivity contribution in [2.75, 3.05) is 13.2 Å². The predicted octanol–water partition coefficient (Wildman–Crippen LogP) is 1.37. The van der Waals surface area contributed by atoms with Crippen LogP contribution in [0.5, 0.6) is 0 Å². The van der Waals surface area contributed by atoms with Gasteiger partial charge in [0.25, 0.3) is 0 Å². The molecule has 0 amide bonds. The summed E-state index contributed by atoms with van der Waals surface area (Å²) < 4.78 is 32.0. The van der Waals surface area contributed by atoms with Crippen molar-refractivity contribution in [3.05, 3.63) is 29.3 Å². The summed E-state index contributed by atoms with van der Waals surface area (Å²) in [4.78, 5) is 0.326. The quantitative estimate of drug-likeness (QED) is 0.887. The molecule has 0 spiro atoms. The van der Waals surface area contributed by atoms with E-state index >= 15 is 0 Å². The van der Waals surface area contributed by atoms with Gasteiger partial charge in [0.05, 0.1) is 11.5 Å². The van der Waals surface area contributed by atoms with E-state index in [1.54, 1.807) is 12.1 Å². The SMILES string of the molecule is Cc1ccc(S(=O)(=O)NC2CCOC2)cc1C. The van der Waals surface area contributed by atoms with Gasteiger partial charge < -0.3 is 4.74 Å². The summed E-state index contributed by atoms with van der Waals surface area (Å²) in [6.45, 7) is 4.96. The fraction of sp³-hybridized carbons (Fsp3) is 0.500. The second-order valence-electron chi connectivity index (χ2n) is 4.43. The number of hydrogen-bond acceptors (Lipinski definition) is 3. The molecule has 1 N–H and O–H groups in total. The molecular weight excluding hydrogens is 238 g/mol. The number of ether oxygens (including phenoxy) is 1. The van der Waals surface area contributed by atoms with Gasteiger partial charge in [0, 0.05) is 12.6 Å². The van der Waals surface area contributed by atoms with Crippen molar-refractivity contribution in [2.45, 2.75) is 31.2 Å². The first-order valence-electron chi connectivity index (χ1n) is 5.66. The van der Waals surface area contributed by atoms with Gasteiger partial charge in [0.2, 0.25) is 10.0 Å². The molecule has 1 saturated heterocycles. The van der Waals surface area contributed by atoms with Crippen molar-refractivity contribution in [1.82, 2.24) is 4.72 Å². The van der Waals surface area contributed by atoms with Crippen LogP contribution < -0.4 is 4.72 Å². The van der Waals surface area contributed by atoms with Crippen molar-refractivity contribution in [2.24, 2.45) is 0 Å². The highest BCUT2D eigenvalue weighted by Gasteiger charge is 2.23. The Balaban J connectivity index is 2.21. The lowest BCUT2D eigenvalue weighted by Crippen LogP contribution is -2.35. The minimum absolute atomic E-state index is 0.0957. The first-order chi connectivity index (χ1) is 7.99. The Kier molecular flexibility index (Phi) is 3.51. The second-order valence-corrected chi connectivity index (χ2v) is 6.14.